The largest absolute Gasteiger partial charge is 0.294 e. The Hall–Kier alpha value is -2.53. The second-order valence-corrected chi connectivity index (χ2v) is 7.21. The van der Waals surface area contributed by atoms with Crippen molar-refractivity contribution in [3.05, 3.63) is 76.0 Å². The average Bonchev–Trinajstić information content (AvgIpc) is 2.63. The molecule has 1 atom stereocenters. The van der Waals surface area contributed by atoms with Crippen LogP contribution in [0.5, 0.6) is 0 Å². The first kappa shape index (κ1) is 17.9. The number of allylic oxidation sites excluding steroid dienone is 2. The number of carbonyl (C=O) groups excluding carboxylic acids is 2. The molecule has 2 aliphatic rings. The number of ketones is 1. The van der Waals surface area contributed by atoms with Gasteiger partial charge in [0.1, 0.15) is 11.6 Å². The van der Waals surface area contributed by atoms with E-state index < -0.39 is 11.6 Å². The Labute approximate surface area is 160 Å². The first-order valence-corrected chi connectivity index (χ1v) is 9.13. The molecule has 2 aromatic rings. The van der Waals surface area contributed by atoms with Crippen LogP contribution in [0, 0.1) is 11.6 Å². The minimum atomic E-state index is -0.821. The molecule has 0 aromatic heterocycles. The van der Waals surface area contributed by atoms with E-state index in [2.05, 4.69) is 0 Å². The van der Waals surface area contributed by atoms with Crippen LogP contribution in [0.1, 0.15) is 37.2 Å². The highest BCUT2D eigenvalue weighted by molar-refractivity contribution is 6.30. The monoisotopic (exact) mass is 387 g/mol. The number of nitrogens with zero attached hydrogens (tertiary/aromatic N) is 1. The number of amides is 1. The van der Waals surface area contributed by atoms with E-state index in [-0.39, 0.29) is 29.7 Å². The third kappa shape index (κ3) is 3.16. The van der Waals surface area contributed by atoms with Gasteiger partial charge in [0.05, 0.1) is 5.69 Å². The molecule has 1 amide bonds. The average molecular weight is 388 g/mol. The highest BCUT2D eigenvalue weighted by atomic mass is 35.5. The van der Waals surface area contributed by atoms with Gasteiger partial charge in [-0.1, -0.05) is 23.7 Å². The van der Waals surface area contributed by atoms with Crippen molar-refractivity contribution in [3.8, 4) is 0 Å². The van der Waals surface area contributed by atoms with E-state index in [1.165, 1.54) is 11.0 Å². The Kier molecular flexibility index (Phi) is 4.56. The third-order valence-corrected chi connectivity index (χ3v) is 5.35. The van der Waals surface area contributed by atoms with Crippen LogP contribution in [0.25, 0.3) is 0 Å². The first-order chi connectivity index (χ1) is 13.0. The fourth-order valence-electron chi connectivity index (χ4n) is 3.91. The molecule has 3 nitrogen and oxygen atoms in total. The van der Waals surface area contributed by atoms with Crippen molar-refractivity contribution in [1.82, 2.24) is 0 Å². The van der Waals surface area contributed by atoms with Gasteiger partial charge in [0.15, 0.2) is 5.78 Å². The second-order valence-electron chi connectivity index (χ2n) is 6.77. The minimum Gasteiger partial charge on any atom is -0.294 e. The molecule has 27 heavy (non-hydrogen) atoms. The predicted molar refractivity (Wildman–Crippen MR) is 98.5 cm³/mol. The van der Waals surface area contributed by atoms with Gasteiger partial charge in [-0.15, -0.1) is 0 Å². The number of hydrogen-bond donors (Lipinski definition) is 0. The number of carbonyl (C=O) groups is 2. The zero-order valence-corrected chi connectivity index (χ0v) is 15.1. The highest BCUT2D eigenvalue weighted by Crippen LogP contribution is 2.44. The molecule has 0 saturated heterocycles. The quantitative estimate of drug-likeness (QED) is 0.715. The van der Waals surface area contributed by atoms with E-state index in [1.807, 2.05) is 0 Å². The summed E-state index contributed by atoms with van der Waals surface area (Å²) in [6.45, 7) is 0. The first-order valence-electron chi connectivity index (χ1n) is 8.75. The molecular formula is C21H16ClF2NO2. The smallest absolute Gasteiger partial charge is 0.232 e. The van der Waals surface area contributed by atoms with Gasteiger partial charge in [-0.25, -0.2) is 8.78 Å². The molecule has 6 heteroatoms. The number of Topliss-reactive ketones (excluding diaryl/α,β-unsaturated/α-hetero) is 1. The van der Waals surface area contributed by atoms with Crippen molar-refractivity contribution < 1.29 is 18.4 Å². The molecule has 4 rings (SSSR count). The topological polar surface area (TPSA) is 37.4 Å². The van der Waals surface area contributed by atoms with Crippen molar-refractivity contribution in [2.75, 3.05) is 4.90 Å². The molecule has 0 fully saturated rings. The molecule has 138 valence electrons. The zero-order chi connectivity index (χ0) is 19.1. The van der Waals surface area contributed by atoms with Crippen molar-refractivity contribution in [1.29, 1.82) is 0 Å². The summed E-state index contributed by atoms with van der Waals surface area (Å²) in [6.07, 6.45) is 1.53. The number of benzene rings is 2. The molecule has 1 unspecified atom stereocenters. The van der Waals surface area contributed by atoms with E-state index >= 15 is 0 Å². The lowest BCUT2D eigenvalue weighted by atomic mass is 9.77. The second kappa shape index (κ2) is 6.89. The third-order valence-electron chi connectivity index (χ3n) is 5.10. The van der Waals surface area contributed by atoms with Crippen LogP contribution in [0.4, 0.5) is 14.5 Å². The van der Waals surface area contributed by atoms with E-state index in [0.717, 1.165) is 17.7 Å². The van der Waals surface area contributed by atoms with Crippen LogP contribution in [-0.4, -0.2) is 11.7 Å². The van der Waals surface area contributed by atoms with Crippen LogP contribution in [0.15, 0.2) is 53.7 Å². The molecule has 2 aromatic carbocycles. The molecule has 1 heterocycles. The standard InChI is InChI=1S/C21H16ClF2NO2/c22-13-6-4-12(5-7-13)15-11-20(27)25(17-9-8-14(23)10-16(17)24)18-2-1-3-19(26)21(15)18/h4-10,15H,1-3,11H2. The van der Waals surface area contributed by atoms with E-state index in [4.69, 9.17) is 11.6 Å². The lowest BCUT2D eigenvalue weighted by Crippen LogP contribution is -2.41. The summed E-state index contributed by atoms with van der Waals surface area (Å²) < 4.78 is 27.7. The van der Waals surface area contributed by atoms with Gasteiger partial charge in [0.25, 0.3) is 0 Å². The van der Waals surface area contributed by atoms with Crippen LogP contribution < -0.4 is 4.90 Å². The lowest BCUT2D eigenvalue weighted by molar-refractivity contribution is -0.120. The molecule has 0 spiro atoms. The van der Waals surface area contributed by atoms with Gasteiger partial charge in [-0.05, 0) is 42.7 Å². The van der Waals surface area contributed by atoms with Crippen molar-refractivity contribution >= 4 is 29.0 Å². The molecule has 0 radical (unpaired) electrons. The summed E-state index contributed by atoms with van der Waals surface area (Å²) in [6, 6.07) is 10.2. The van der Waals surface area contributed by atoms with Gasteiger partial charge in [0.2, 0.25) is 5.91 Å². The van der Waals surface area contributed by atoms with E-state index in [0.29, 0.717) is 35.6 Å². The zero-order valence-electron chi connectivity index (χ0n) is 14.3. The fourth-order valence-corrected chi connectivity index (χ4v) is 4.04. The number of anilines is 1. The maximum absolute atomic E-state index is 14.4. The Morgan fingerprint density at radius 2 is 1.74 bits per heavy atom. The van der Waals surface area contributed by atoms with Gasteiger partial charge < -0.3 is 0 Å². The summed E-state index contributed by atoms with van der Waals surface area (Å²) in [4.78, 5) is 26.9. The van der Waals surface area contributed by atoms with Crippen LogP contribution >= 0.6 is 11.6 Å². The molecule has 1 aliphatic heterocycles. The Balaban J connectivity index is 1.87. The highest BCUT2D eigenvalue weighted by Gasteiger charge is 2.40. The van der Waals surface area contributed by atoms with Gasteiger partial charge in [0, 0.05) is 41.1 Å². The number of hydrogen-bond acceptors (Lipinski definition) is 2. The van der Waals surface area contributed by atoms with Gasteiger partial charge in [-0.3, -0.25) is 14.5 Å². The van der Waals surface area contributed by atoms with Crippen LogP contribution in [0.2, 0.25) is 5.02 Å². The van der Waals surface area contributed by atoms with Crippen molar-refractivity contribution in [3.63, 3.8) is 0 Å². The predicted octanol–water partition coefficient (Wildman–Crippen LogP) is 5.15. The molecule has 0 N–H and O–H groups in total. The molecule has 0 saturated carbocycles. The normalized spacial score (nSPS) is 20.1. The molecule has 0 bridgehead atoms. The van der Waals surface area contributed by atoms with Crippen LogP contribution in [0.3, 0.4) is 0 Å². The Bertz CT molecular complexity index is 969. The Morgan fingerprint density at radius 1 is 1.00 bits per heavy atom. The summed E-state index contributed by atoms with van der Waals surface area (Å²) in [5.41, 5.74) is 1.88. The van der Waals surface area contributed by atoms with Gasteiger partial charge in [-0.2, -0.15) is 0 Å². The summed E-state index contributed by atoms with van der Waals surface area (Å²) in [5.74, 6) is -2.26. The van der Waals surface area contributed by atoms with E-state index in [9.17, 15) is 18.4 Å². The van der Waals surface area contributed by atoms with Crippen LogP contribution in [-0.2, 0) is 9.59 Å². The number of halogens is 3. The molecular weight excluding hydrogens is 372 g/mol. The maximum Gasteiger partial charge on any atom is 0.232 e. The minimum absolute atomic E-state index is 0.0156. The SMILES string of the molecule is O=C1CCCC2=C1C(c1ccc(Cl)cc1)CC(=O)N2c1ccc(F)cc1F. The molecule has 1 aliphatic carbocycles. The van der Waals surface area contributed by atoms with Crippen molar-refractivity contribution in [2.45, 2.75) is 31.6 Å². The summed E-state index contributed by atoms with van der Waals surface area (Å²) in [5, 5.41) is 0.570. The maximum atomic E-state index is 14.4. The Morgan fingerprint density at radius 3 is 2.44 bits per heavy atom. The number of rotatable bonds is 2. The van der Waals surface area contributed by atoms with E-state index in [1.54, 1.807) is 24.3 Å². The lowest BCUT2D eigenvalue weighted by Gasteiger charge is -2.38. The van der Waals surface area contributed by atoms with Crippen molar-refractivity contribution in [2.24, 2.45) is 0 Å². The summed E-state index contributed by atoms with van der Waals surface area (Å²) in [7, 11) is 0. The van der Waals surface area contributed by atoms with Gasteiger partial charge >= 0.3 is 0 Å². The summed E-state index contributed by atoms with van der Waals surface area (Å²) >= 11 is 5.95. The fraction of sp³-hybridized carbons (Fsp3) is 0.238.